The lowest BCUT2D eigenvalue weighted by molar-refractivity contribution is 0.212. The van der Waals surface area contributed by atoms with Gasteiger partial charge in [-0.3, -0.25) is 13.5 Å². The molecule has 0 radical (unpaired) electrons. The minimum absolute atomic E-state index is 0.251. The van der Waals surface area contributed by atoms with Gasteiger partial charge >= 0.3 is 10.4 Å². The van der Waals surface area contributed by atoms with Crippen LogP contribution in [-0.4, -0.2) is 45.1 Å². The van der Waals surface area contributed by atoms with E-state index in [-0.39, 0.29) is 11.5 Å². The minimum Gasteiger partial charge on any atom is -0.284 e. The van der Waals surface area contributed by atoms with Crippen LogP contribution in [0.3, 0.4) is 0 Å². The molecular weight excluding hydrogens is 394 g/mol. The van der Waals surface area contributed by atoms with Crippen LogP contribution in [0.4, 0.5) is 5.69 Å². The van der Waals surface area contributed by atoms with Crippen molar-refractivity contribution in [1.82, 2.24) is 0 Å². The summed E-state index contributed by atoms with van der Waals surface area (Å²) in [5, 5.41) is 0. The Morgan fingerprint density at radius 1 is 1.00 bits per heavy atom. The molecule has 1 unspecified atom stereocenters. The number of rotatable bonds is 8. The van der Waals surface area contributed by atoms with Crippen LogP contribution < -0.4 is 4.72 Å². The van der Waals surface area contributed by atoms with Crippen LogP contribution in [-0.2, 0) is 39.9 Å². The molecular formula is C13H25NO8S3. The van der Waals surface area contributed by atoms with Crippen molar-refractivity contribution < 1.29 is 34.0 Å². The fraction of sp³-hybridized carbons (Fsp3) is 0.538. The zero-order valence-corrected chi connectivity index (χ0v) is 17.2. The van der Waals surface area contributed by atoms with E-state index in [2.05, 4.69) is 8.91 Å². The largest absolute Gasteiger partial charge is 0.397 e. The van der Waals surface area contributed by atoms with E-state index in [1.54, 1.807) is 0 Å². The molecule has 2 N–H and O–H groups in total. The highest BCUT2D eigenvalue weighted by atomic mass is 32.3. The first-order valence-corrected chi connectivity index (χ1v) is 11.6. The molecule has 0 aromatic heterocycles. The quantitative estimate of drug-likeness (QED) is 0.482. The minimum atomic E-state index is -4.55. The first-order chi connectivity index (χ1) is 11.6. The lowest BCUT2D eigenvalue weighted by Crippen LogP contribution is -2.11. The van der Waals surface area contributed by atoms with E-state index in [4.69, 9.17) is 8.74 Å². The Hall–Kier alpha value is -1.05. The van der Waals surface area contributed by atoms with Crippen molar-refractivity contribution >= 4 is 37.2 Å². The molecule has 0 aliphatic rings. The first-order valence-electron chi connectivity index (χ1n) is 7.31. The highest BCUT2D eigenvalue weighted by Gasteiger charge is 2.08. The highest BCUT2D eigenvalue weighted by Crippen LogP contribution is 2.14. The summed E-state index contributed by atoms with van der Waals surface area (Å²) in [7, 11) is -7.95. The van der Waals surface area contributed by atoms with Crippen molar-refractivity contribution in [2.75, 3.05) is 24.2 Å². The van der Waals surface area contributed by atoms with E-state index in [0.717, 1.165) is 6.26 Å². The third-order valence-corrected chi connectivity index (χ3v) is 3.96. The summed E-state index contributed by atoms with van der Waals surface area (Å²) in [4.78, 5) is 0.251. The Bertz CT molecular complexity index is 699. The molecule has 12 heteroatoms. The molecule has 0 aliphatic carbocycles. The third-order valence-electron chi connectivity index (χ3n) is 1.86. The normalized spacial score (nSPS) is 12.1. The van der Waals surface area contributed by atoms with Gasteiger partial charge in [-0.1, -0.05) is 27.7 Å². The second kappa shape index (κ2) is 13.2. The van der Waals surface area contributed by atoms with E-state index in [1.165, 1.54) is 24.3 Å². The van der Waals surface area contributed by atoms with Crippen LogP contribution in [0.15, 0.2) is 29.2 Å². The van der Waals surface area contributed by atoms with Gasteiger partial charge in [0.2, 0.25) is 10.0 Å². The predicted molar refractivity (Wildman–Crippen MR) is 97.5 cm³/mol. The summed E-state index contributed by atoms with van der Waals surface area (Å²) in [5.74, 6) is 0. The van der Waals surface area contributed by atoms with Gasteiger partial charge in [-0.15, -0.1) is 0 Å². The molecule has 25 heavy (non-hydrogen) atoms. The third kappa shape index (κ3) is 15.0. The van der Waals surface area contributed by atoms with E-state index in [1.807, 2.05) is 27.7 Å². The van der Waals surface area contributed by atoms with Crippen LogP contribution in [0.2, 0.25) is 0 Å². The Morgan fingerprint density at radius 2 is 1.48 bits per heavy atom. The maximum absolute atomic E-state index is 11.6. The summed E-state index contributed by atoms with van der Waals surface area (Å²) in [6.07, 6.45) is 0.997. The lowest BCUT2D eigenvalue weighted by atomic mass is 10.3. The van der Waals surface area contributed by atoms with Crippen LogP contribution >= 0.6 is 0 Å². The van der Waals surface area contributed by atoms with Gasteiger partial charge in [-0.2, -0.15) is 8.42 Å². The zero-order chi connectivity index (χ0) is 20.1. The molecule has 9 nitrogen and oxygen atoms in total. The van der Waals surface area contributed by atoms with Gasteiger partial charge in [0, 0.05) is 5.69 Å². The average Bonchev–Trinajstić information content (AvgIpc) is 2.53. The second-order valence-electron chi connectivity index (χ2n) is 3.70. The van der Waals surface area contributed by atoms with Crippen molar-refractivity contribution in [3.8, 4) is 0 Å². The molecule has 1 atom stereocenters. The van der Waals surface area contributed by atoms with Crippen molar-refractivity contribution in [3.63, 3.8) is 0 Å². The molecule has 0 spiro atoms. The summed E-state index contributed by atoms with van der Waals surface area (Å²) in [5.41, 5.74) is 0.299. The molecule has 0 aliphatic heterocycles. The number of benzene rings is 1. The van der Waals surface area contributed by atoms with Gasteiger partial charge in [0.1, 0.15) is 0 Å². The summed E-state index contributed by atoms with van der Waals surface area (Å²) in [6, 6.07) is 5.55. The van der Waals surface area contributed by atoms with Gasteiger partial charge in [0.15, 0.2) is 11.1 Å². The van der Waals surface area contributed by atoms with Gasteiger partial charge in [-0.25, -0.2) is 16.8 Å². The van der Waals surface area contributed by atoms with E-state index >= 15 is 0 Å². The predicted octanol–water partition coefficient (Wildman–Crippen LogP) is 1.97. The molecule has 0 saturated heterocycles. The van der Waals surface area contributed by atoms with Gasteiger partial charge in [0.25, 0.3) is 0 Å². The second-order valence-corrected chi connectivity index (χ2v) is 7.72. The Balaban J connectivity index is 0. The number of hydrogen-bond acceptors (Lipinski definition) is 7. The standard InChI is InChI=1S/C9H13NO8S3.2C2H6/c1-20(12,13)10-8-2-4-9(5-3-8)19(11)17-6-7-18-21(14,15)16;2*1-2/h2-5,10H,6-7H2,1H3,(H,14,15,16);2*1-2H3. The molecule has 1 rings (SSSR count). The van der Waals surface area contributed by atoms with Crippen molar-refractivity contribution in [3.05, 3.63) is 24.3 Å². The highest BCUT2D eigenvalue weighted by molar-refractivity contribution is 7.92. The van der Waals surface area contributed by atoms with Gasteiger partial charge < -0.3 is 0 Å². The van der Waals surface area contributed by atoms with Crippen molar-refractivity contribution in [2.45, 2.75) is 32.6 Å². The van der Waals surface area contributed by atoms with Gasteiger partial charge in [0.05, 0.1) is 24.4 Å². The Morgan fingerprint density at radius 3 is 1.88 bits per heavy atom. The number of sulfonamides is 1. The number of nitrogens with one attached hydrogen (secondary N) is 1. The summed E-state index contributed by atoms with van der Waals surface area (Å²) < 4.78 is 73.4. The molecule has 148 valence electrons. The number of anilines is 1. The fourth-order valence-corrected chi connectivity index (χ4v) is 2.72. The van der Waals surface area contributed by atoms with Crippen LogP contribution in [0.5, 0.6) is 0 Å². The maximum Gasteiger partial charge on any atom is 0.397 e. The molecule has 0 amide bonds. The van der Waals surface area contributed by atoms with E-state index in [0.29, 0.717) is 5.69 Å². The van der Waals surface area contributed by atoms with Gasteiger partial charge in [-0.05, 0) is 24.3 Å². The Labute approximate surface area is 152 Å². The lowest BCUT2D eigenvalue weighted by Gasteiger charge is -2.06. The van der Waals surface area contributed by atoms with E-state index < -0.39 is 38.1 Å². The molecule has 1 aromatic carbocycles. The monoisotopic (exact) mass is 419 g/mol. The van der Waals surface area contributed by atoms with Crippen LogP contribution in [0, 0.1) is 0 Å². The molecule has 0 heterocycles. The Kier molecular flexibility index (Phi) is 13.8. The number of hydrogen-bond donors (Lipinski definition) is 2. The maximum atomic E-state index is 11.6. The topological polar surface area (TPSA) is 136 Å². The SMILES string of the molecule is CC.CC.CS(=O)(=O)Nc1ccc(S(=O)OCCOS(=O)(=O)O)cc1. The first kappa shape index (κ1) is 26.2. The average molecular weight is 420 g/mol. The molecule has 0 saturated carbocycles. The van der Waals surface area contributed by atoms with E-state index in [9.17, 15) is 21.0 Å². The molecule has 1 aromatic rings. The zero-order valence-electron chi connectivity index (χ0n) is 14.8. The smallest absolute Gasteiger partial charge is 0.284 e. The van der Waals surface area contributed by atoms with Crippen molar-refractivity contribution in [2.24, 2.45) is 0 Å². The summed E-state index contributed by atoms with van der Waals surface area (Å²) in [6.45, 7) is 7.19. The van der Waals surface area contributed by atoms with Crippen molar-refractivity contribution in [1.29, 1.82) is 0 Å². The van der Waals surface area contributed by atoms with Crippen LogP contribution in [0.25, 0.3) is 0 Å². The fourth-order valence-electron chi connectivity index (χ4n) is 1.17. The summed E-state index contributed by atoms with van der Waals surface area (Å²) >= 11 is -1.88. The molecule has 0 fully saturated rings. The molecule has 0 bridgehead atoms. The van der Waals surface area contributed by atoms with Crippen LogP contribution in [0.1, 0.15) is 27.7 Å².